The first kappa shape index (κ1) is 23.3. The molecule has 3 aromatic rings. The van der Waals surface area contributed by atoms with E-state index in [0.29, 0.717) is 0 Å². The number of guanidine groups is 1. The number of aromatic nitrogens is 1. The maximum Gasteiger partial charge on any atom is 0.193 e. The number of benzene rings is 2. The van der Waals surface area contributed by atoms with E-state index in [1.807, 2.05) is 13.1 Å². The number of halogens is 1. The summed E-state index contributed by atoms with van der Waals surface area (Å²) in [5.74, 6) is 1.24. The average Bonchev–Trinajstić information content (AvgIpc) is 3.32. The molecule has 1 aliphatic heterocycles. The van der Waals surface area contributed by atoms with Gasteiger partial charge in [-0.05, 0) is 11.1 Å². The van der Waals surface area contributed by atoms with Gasteiger partial charge in [-0.25, -0.2) is 0 Å². The van der Waals surface area contributed by atoms with E-state index < -0.39 is 0 Å². The van der Waals surface area contributed by atoms with Crippen LogP contribution in [-0.2, 0) is 6.54 Å². The molecule has 1 N–H and O–H groups in total. The molecule has 0 amide bonds. The first-order valence-corrected chi connectivity index (χ1v) is 10.5. The van der Waals surface area contributed by atoms with Crippen LogP contribution in [0, 0.1) is 0 Å². The van der Waals surface area contributed by atoms with Crippen LogP contribution in [0.4, 0.5) is 0 Å². The van der Waals surface area contributed by atoms with E-state index >= 15 is 0 Å². The van der Waals surface area contributed by atoms with Crippen LogP contribution in [-0.4, -0.2) is 60.7 Å². The van der Waals surface area contributed by atoms with E-state index in [2.05, 4.69) is 85.9 Å². The summed E-state index contributed by atoms with van der Waals surface area (Å²) in [6.07, 6.45) is 1.63. The second-order valence-corrected chi connectivity index (χ2v) is 7.56. The second kappa shape index (κ2) is 11.9. The monoisotopic (exact) mass is 531 g/mol. The minimum atomic E-state index is 0. The van der Waals surface area contributed by atoms with Gasteiger partial charge in [0.05, 0.1) is 5.69 Å². The molecule has 0 saturated carbocycles. The van der Waals surface area contributed by atoms with Gasteiger partial charge in [-0.2, -0.15) is 0 Å². The molecule has 1 aliphatic rings. The molecule has 7 heteroatoms. The van der Waals surface area contributed by atoms with Crippen molar-refractivity contribution in [3.8, 4) is 0 Å². The average molecular weight is 531 g/mol. The number of aliphatic imine (C=N–C) groups is 1. The van der Waals surface area contributed by atoms with Crippen molar-refractivity contribution < 1.29 is 4.52 Å². The Morgan fingerprint density at radius 2 is 1.58 bits per heavy atom. The van der Waals surface area contributed by atoms with E-state index in [1.54, 1.807) is 6.26 Å². The zero-order chi connectivity index (χ0) is 20.6. The summed E-state index contributed by atoms with van der Waals surface area (Å²) >= 11 is 0. The third-order valence-electron chi connectivity index (χ3n) is 5.63. The van der Waals surface area contributed by atoms with Crippen molar-refractivity contribution in [3.63, 3.8) is 0 Å². The molecule has 0 spiro atoms. The molecule has 1 aromatic heterocycles. The van der Waals surface area contributed by atoms with Crippen LogP contribution in [0.15, 0.2) is 82.5 Å². The van der Waals surface area contributed by atoms with E-state index in [4.69, 9.17) is 4.52 Å². The van der Waals surface area contributed by atoms with Crippen molar-refractivity contribution >= 4 is 29.9 Å². The molecule has 2 aromatic carbocycles. The standard InChI is InChI=1S/C24H29N5O.HI/c1-25-24(29-15-13-28(14-16-29)19-22-12-17-30-27-22)26-18-23(20-8-4-2-5-9-20)21-10-6-3-7-11-21;/h2-12,17,23H,13-16,18-19H2,1H3,(H,25,26);1H. The van der Waals surface area contributed by atoms with E-state index in [-0.39, 0.29) is 29.9 Å². The maximum absolute atomic E-state index is 4.94. The normalized spacial score (nSPS) is 15.0. The Morgan fingerprint density at radius 3 is 2.10 bits per heavy atom. The molecule has 2 heterocycles. The summed E-state index contributed by atoms with van der Waals surface area (Å²) in [7, 11) is 1.87. The highest BCUT2D eigenvalue weighted by Crippen LogP contribution is 2.23. The molecule has 1 saturated heterocycles. The molecule has 0 atom stereocenters. The van der Waals surface area contributed by atoms with Crippen LogP contribution >= 0.6 is 24.0 Å². The summed E-state index contributed by atoms with van der Waals surface area (Å²) in [5.41, 5.74) is 3.60. The fourth-order valence-corrected chi connectivity index (χ4v) is 3.99. The lowest BCUT2D eigenvalue weighted by molar-refractivity contribution is 0.169. The van der Waals surface area contributed by atoms with E-state index in [1.165, 1.54) is 11.1 Å². The molecule has 164 valence electrons. The molecule has 0 bridgehead atoms. The molecular formula is C24H30IN5O. The fourth-order valence-electron chi connectivity index (χ4n) is 3.99. The van der Waals surface area contributed by atoms with Gasteiger partial charge in [0.15, 0.2) is 5.96 Å². The smallest absolute Gasteiger partial charge is 0.193 e. The topological polar surface area (TPSA) is 56.9 Å². The first-order chi connectivity index (χ1) is 14.8. The Hall–Kier alpha value is -2.39. The molecule has 1 fully saturated rings. The predicted octanol–water partition coefficient (Wildman–Crippen LogP) is 3.82. The van der Waals surface area contributed by atoms with Crippen LogP contribution in [0.3, 0.4) is 0 Å². The molecular weight excluding hydrogens is 501 g/mol. The molecule has 0 aliphatic carbocycles. The number of nitrogens with zero attached hydrogens (tertiary/aromatic N) is 4. The number of rotatable bonds is 6. The van der Waals surface area contributed by atoms with Crippen molar-refractivity contribution in [1.82, 2.24) is 20.3 Å². The Morgan fingerprint density at radius 1 is 0.968 bits per heavy atom. The largest absolute Gasteiger partial charge is 0.364 e. The molecule has 0 radical (unpaired) electrons. The van der Waals surface area contributed by atoms with Gasteiger partial charge < -0.3 is 14.7 Å². The number of hydrogen-bond donors (Lipinski definition) is 1. The van der Waals surface area contributed by atoms with Gasteiger partial charge in [0.25, 0.3) is 0 Å². The van der Waals surface area contributed by atoms with Crippen LogP contribution in [0.5, 0.6) is 0 Å². The predicted molar refractivity (Wildman–Crippen MR) is 135 cm³/mol. The van der Waals surface area contributed by atoms with Crippen molar-refractivity contribution in [3.05, 3.63) is 89.8 Å². The second-order valence-electron chi connectivity index (χ2n) is 7.56. The fraction of sp³-hybridized carbons (Fsp3) is 0.333. The number of piperazine rings is 1. The molecule has 31 heavy (non-hydrogen) atoms. The summed E-state index contributed by atoms with van der Waals surface area (Å²) in [6, 6.07) is 23.3. The lowest BCUT2D eigenvalue weighted by Gasteiger charge is -2.36. The Labute approximate surface area is 201 Å². The lowest BCUT2D eigenvalue weighted by Crippen LogP contribution is -2.52. The minimum absolute atomic E-state index is 0. The highest BCUT2D eigenvalue weighted by Gasteiger charge is 2.21. The number of hydrogen-bond acceptors (Lipinski definition) is 4. The van der Waals surface area contributed by atoms with Crippen LogP contribution < -0.4 is 5.32 Å². The Kier molecular flexibility index (Phi) is 8.90. The Bertz CT molecular complexity index is 870. The third kappa shape index (κ3) is 6.30. The van der Waals surface area contributed by atoms with Gasteiger partial charge in [-0.15, -0.1) is 24.0 Å². The van der Waals surface area contributed by atoms with Crippen molar-refractivity contribution in [2.45, 2.75) is 12.5 Å². The van der Waals surface area contributed by atoms with Crippen molar-refractivity contribution in [2.75, 3.05) is 39.8 Å². The summed E-state index contributed by atoms with van der Waals surface area (Å²) in [6.45, 7) is 5.49. The van der Waals surface area contributed by atoms with Gasteiger partial charge in [-0.1, -0.05) is 65.8 Å². The maximum atomic E-state index is 4.94. The quantitative estimate of drug-likeness (QED) is 0.298. The van der Waals surface area contributed by atoms with Crippen molar-refractivity contribution in [2.24, 2.45) is 4.99 Å². The minimum Gasteiger partial charge on any atom is -0.364 e. The molecule has 0 unspecified atom stereocenters. The molecule has 4 rings (SSSR count). The van der Waals surface area contributed by atoms with Gasteiger partial charge in [0.2, 0.25) is 0 Å². The zero-order valence-corrected chi connectivity index (χ0v) is 20.2. The van der Waals surface area contributed by atoms with E-state index in [0.717, 1.165) is 50.9 Å². The Balaban J connectivity index is 0.00000272. The summed E-state index contributed by atoms with van der Waals surface area (Å²) in [4.78, 5) is 9.30. The zero-order valence-electron chi connectivity index (χ0n) is 17.9. The van der Waals surface area contributed by atoms with Crippen LogP contribution in [0.25, 0.3) is 0 Å². The van der Waals surface area contributed by atoms with Crippen LogP contribution in [0.1, 0.15) is 22.7 Å². The van der Waals surface area contributed by atoms with Gasteiger partial charge in [0, 0.05) is 58.3 Å². The van der Waals surface area contributed by atoms with Crippen molar-refractivity contribution in [1.29, 1.82) is 0 Å². The third-order valence-corrected chi connectivity index (χ3v) is 5.63. The highest BCUT2D eigenvalue weighted by molar-refractivity contribution is 14.0. The summed E-state index contributed by atoms with van der Waals surface area (Å²) < 4.78 is 4.94. The van der Waals surface area contributed by atoms with Crippen LogP contribution in [0.2, 0.25) is 0 Å². The molecule has 6 nitrogen and oxygen atoms in total. The number of nitrogens with one attached hydrogen (secondary N) is 1. The lowest BCUT2D eigenvalue weighted by atomic mass is 9.91. The van der Waals surface area contributed by atoms with Gasteiger partial charge in [0.1, 0.15) is 6.26 Å². The summed E-state index contributed by atoms with van der Waals surface area (Å²) in [5, 5.41) is 7.65. The van der Waals surface area contributed by atoms with Gasteiger partial charge in [-0.3, -0.25) is 9.89 Å². The van der Waals surface area contributed by atoms with E-state index in [9.17, 15) is 0 Å². The first-order valence-electron chi connectivity index (χ1n) is 10.5. The highest BCUT2D eigenvalue weighted by atomic mass is 127. The SMILES string of the molecule is CN=C(NCC(c1ccccc1)c1ccccc1)N1CCN(Cc2ccon2)CC1.I. The van der Waals surface area contributed by atoms with Gasteiger partial charge >= 0.3 is 0 Å².